The van der Waals surface area contributed by atoms with Gasteiger partial charge in [-0.05, 0) is 30.3 Å². The molecule has 0 fully saturated rings. The molecule has 3 rings (SSSR count). The van der Waals surface area contributed by atoms with Gasteiger partial charge in [-0.25, -0.2) is 4.79 Å². The summed E-state index contributed by atoms with van der Waals surface area (Å²) in [7, 11) is 0. The molecule has 0 aromatic heterocycles. The lowest BCUT2D eigenvalue weighted by Crippen LogP contribution is -2.42. The van der Waals surface area contributed by atoms with Crippen molar-refractivity contribution in [3.05, 3.63) is 63.6 Å². The zero-order valence-corrected chi connectivity index (χ0v) is 14.9. The molecule has 1 atom stereocenters. The van der Waals surface area contributed by atoms with E-state index >= 15 is 0 Å². The van der Waals surface area contributed by atoms with E-state index in [1.807, 2.05) is 0 Å². The highest BCUT2D eigenvalue weighted by atomic mass is 35.5. The van der Waals surface area contributed by atoms with Crippen molar-refractivity contribution in [2.45, 2.75) is 18.2 Å². The highest BCUT2D eigenvalue weighted by molar-refractivity contribution is 6.34. The first-order valence-corrected chi connectivity index (χ1v) is 8.22. The maximum absolute atomic E-state index is 13.9. The van der Waals surface area contributed by atoms with Crippen molar-refractivity contribution in [1.29, 1.82) is 0 Å². The molecule has 1 heterocycles. The number of alkyl halides is 3. The number of oxime groups is 1. The van der Waals surface area contributed by atoms with E-state index in [1.165, 1.54) is 30.3 Å². The van der Waals surface area contributed by atoms with Gasteiger partial charge in [0.1, 0.15) is 5.75 Å². The number of ether oxygens (including phenoxy) is 1. The van der Waals surface area contributed by atoms with Gasteiger partial charge in [0, 0.05) is 27.6 Å². The van der Waals surface area contributed by atoms with Crippen molar-refractivity contribution < 1.29 is 27.5 Å². The highest BCUT2D eigenvalue weighted by Crippen LogP contribution is 2.49. The third-order valence-electron chi connectivity index (χ3n) is 3.90. The number of hydrogen-bond donors (Lipinski definition) is 1. The molecule has 1 unspecified atom stereocenters. The van der Waals surface area contributed by atoms with E-state index in [0.717, 1.165) is 12.1 Å². The van der Waals surface area contributed by atoms with Crippen molar-refractivity contribution in [3.63, 3.8) is 0 Å². The van der Waals surface area contributed by atoms with Gasteiger partial charge in [0.15, 0.2) is 0 Å². The number of primary amides is 1. The molecule has 1 amide bonds. The molecule has 2 aromatic rings. The Morgan fingerprint density at radius 3 is 2.44 bits per heavy atom. The second kappa shape index (κ2) is 6.94. The Hall–Kier alpha value is -2.45. The van der Waals surface area contributed by atoms with Gasteiger partial charge in [-0.3, -0.25) is 0 Å². The molecule has 27 heavy (non-hydrogen) atoms. The standard InChI is InChI=1S/C17H11Cl2F3N2O3/c18-11-5-10(6-12(19)7-11)16(17(20,21)22)8-14(24-27-16)9-2-1-3-13(4-9)26-15(23)25/h1-7H,8H2,(H2,23,25). The molecule has 1 aliphatic rings. The number of rotatable bonds is 3. The summed E-state index contributed by atoms with van der Waals surface area (Å²) in [6, 6.07) is 9.34. The summed E-state index contributed by atoms with van der Waals surface area (Å²) in [5, 5.41) is 3.69. The minimum atomic E-state index is -4.80. The zero-order valence-electron chi connectivity index (χ0n) is 13.4. The van der Waals surface area contributed by atoms with Gasteiger partial charge in [-0.15, -0.1) is 0 Å². The fourth-order valence-corrected chi connectivity index (χ4v) is 3.23. The van der Waals surface area contributed by atoms with Gasteiger partial charge in [-0.1, -0.05) is 40.5 Å². The Bertz CT molecular complexity index is 914. The number of benzene rings is 2. The van der Waals surface area contributed by atoms with E-state index < -0.39 is 24.3 Å². The topological polar surface area (TPSA) is 73.9 Å². The number of nitrogens with zero attached hydrogens (tertiary/aromatic N) is 1. The van der Waals surface area contributed by atoms with Crippen LogP contribution in [0.3, 0.4) is 0 Å². The Labute approximate surface area is 161 Å². The molecule has 0 bridgehead atoms. The third kappa shape index (κ3) is 3.81. The van der Waals surface area contributed by atoms with Crippen LogP contribution in [0, 0.1) is 0 Å². The van der Waals surface area contributed by atoms with Crippen LogP contribution in [0.15, 0.2) is 47.6 Å². The number of carbonyl (C=O) groups excluding carboxylic acids is 1. The highest BCUT2D eigenvalue weighted by Gasteiger charge is 2.62. The number of nitrogens with two attached hydrogens (primary N) is 1. The monoisotopic (exact) mass is 418 g/mol. The molecule has 0 spiro atoms. The van der Waals surface area contributed by atoms with Crippen molar-refractivity contribution in [3.8, 4) is 5.75 Å². The molecule has 5 nitrogen and oxygen atoms in total. The Morgan fingerprint density at radius 1 is 1.19 bits per heavy atom. The average Bonchev–Trinajstić information content (AvgIpc) is 3.00. The smallest absolute Gasteiger partial charge is 0.410 e. The molecule has 142 valence electrons. The quantitative estimate of drug-likeness (QED) is 0.758. The third-order valence-corrected chi connectivity index (χ3v) is 4.34. The number of carbonyl (C=O) groups is 1. The summed E-state index contributed by atoms with van der Waals surface area (Å²) in [5.41, 5.74) is 2.23. The lowest BCUT2D eigenvalue weighted by Gasteiger charge is -2.29. The zero-order chi connectivity index (χ0) is 19.8. The summed E-state index contributed by atoms with van der Waals surface area (Å²) < 4.78 is 46.5. The van der Waals surface area contributed by atoms with Crippen LogP contribution < -0.4 is 10.5 Å². The molecule has 10 heteroatoms. The number of halogens is 5. The number of amides is 1. The summed E-state index contributed by atoms with van der Waals surface area (Å²) in [5.74, 6) is 0.0676. The van der Waals surface area contributed by atoms with Crippen LogP contribution in [0.1, 0.15) is 17.5 Å². The molecular formula is C17H11Cl2F3N2O3. The molecule has 0 aliphatic carbocycles. The van der Waals surface area contributed by atoms with Crippen LogP contribution in [0.4, 0.5) is 18.0 Å². The van der Waals surface area contributed by atoms with Gasteiger partial charge in [-0.2, -0.15) is 13.2 Å². The van der Waals surface area contributed by atoms with E-state index in [4.69, 9.17) is 38.5 Å². The fraction of sp³-hybridized carbons (Fsp3) is 0.176. The Kier molecular flexibility index (Phi) is 4.96. The maximum Gasteiger partial charge on any atom is 0.435 e. The Morgan fingerprint density at radius 2 is 1.85 bits per heavy atom. The van der Waals surface area contributed by atoms with Crippen LogP contribution >= 0.6 is 23.2 Å². The van der Waals surface area contributed by atoms with Gasteiger partial charge in [0.2, 0.25) is 0 Å². The van der Waals surface area contributed by atoms with Gasteiger partial charge in [0.25, 0.3) is 5.60 Å². The normalized spacial score (nSPS) is 19.4. The Balaban J connectivity index is 1.99. The van der Waals surface area contributed by atoms with Crippen molar-refractivity contribution >= 4 is 35.0 Å². The molecular weight excluding hydrogens is 408 g/mol. The van der Waals surface area contributed by atoms with Crippen molar-refractivity contribution in [2.24, 2.45) is 10.9 Å². The maximum atomic E-state index is 13.9. The van der Waals surface area contributed by atoms with Crippen molar-refractivity contribution in [2.75, 3.05) is 0 Å². The predicted octanol–water partition coefficient (Wildman–Crippen LogP) is 5.03. The van der Waals surface area contributed by atoms with Crippen LogP contribution in [0.2, 0.25) is 10.0 Å². The summed E-state index contributed by atoms with van der Waals surface area (Å²) in [6.07, 6.45) is -6.46. The first-order valence-electron chi connectivity index (χ1n) is 7.47. The first-order chi connectivity index (χ1) is 12.6. The van der Waals surface area contributed by atoms with Gasteiger partial charge in [0.05, 0.1) is 5.71 Å². The largest absolute Gasteiger partial charge is 0.435 e. The predicted molar refractivity (Wildman–Crippen MR) is 93.1 cm³/mol. The lowest BCUT2D eigenvalue weighted by atomic mass is 9.86. The van der Waals surface area contributed by atoms with E-state index in [2.05, 4.69) is 5.16 Å². The van der Waals surface area contributed by atoms with E-state index in [0.29, 0.717) is 0 Å². The molecule has 0 radical (unpaired) electrons. The molecule has 1 aliphatic heterocycles. The second-order valence-corrected chi connectivity index (χ2v) is 6.61. The van der Waals surface area contributed by atoms with Gasteiger partial charge >= 0.3 is 12.3 Å². The van der Waals surface area contributed by atoms with Crippen molar-refractivity contribution in [1.82, 2.24) is 0 Å². The van der Waals surface area contributed by atoms with E-state index in [9.17, 15) is 18.0 Å². The number of hydrogen-bond acceptors (Lipinski definition) is 4. The van der Waals surface area contributed by atoms with Gasteiger partial charge < -0.3 is 15.3 Å². The van der Waals surface area contributed by atoms with Crippen LogP contribution in [0.25, 0.3) is 0 Å². The first kappa shape index (κ1) is 19.3. The van der Waals surface area contributed by atoms with Crippen LogP contribution in [-0.2, 0) is 10.4 Å². The SMILES string of the molecule is NC(=O)Oc1cccc(C2=NOC(c3cc(Cl)cc(Cl)c3)(C(F)(F)F)C2)c1. The van der Waals surface area contributed by atoms with E-state index in [1.54, 1.807) is 0 Å². The summed E-state index contributed by atoms with van der Waals surface area (Å²) in [6.45, 7) is 0. The minimum Gasteiger partial charge on any atom is -0.410 e. The molecule has 2 aromatic carbocycles. The fourth-order valence-electron chi connectivity index (χ4n) is 2.70. The lowest BCUT2D eigenvalue weighted by molar-refractivity contribution is -0.275. The second-order valence-electron chi connectivity index (χ2n) is 5.74. The molecule has 0 saturated carbocycles. The molecule has 2 N–H and O–H groups in total. The average molecular weight is 419 g/mol. The van der Waals surface area contributed by atoms with Crippen LogP contribution in [-0.4, -0.2) is 18.0 Å². The molecule has 0 saturated heterocycles. The summed E-state index contributed by atoms with van der Waals surface area (Å²) >= 11 is 11.7. The van der Waals surface area contributed by atoms with Crippen LogP contribution in [0.5, 0.6) is 5.75 Å². The van der Waals surface area contributed by atoms with E-state index in [-0.39, 0.29) is 32.6 Å². The minimum absolute atomic E-state index is 0.0124. The summed E-state index contributed by atoms with van der Waals surface area (Å²) in [4.78, 5) is 15.8.